The van der Waals surface area contributed by atoms with Crippen LogP contribution in [-0.2, 0) is 4.79 Å². The van der Waals surface area contributed by atoms with Gasteiger partial charge in [-0.3, -0.25) is 10.1 Å². The molecule has 1 aromatic rings. The van der Waals surface area contributed by atoms with Gasteiger partial charge in [0.25, 0.3) is 5.69 Å². The van der Waals surface area contributed by atoms with Crippen LogP contribution in [0.5, 0.6) is 5.75 Å². The minimum absolute atomic E-state index is 0.200. The Morgan fingerprint density at radius 1 is 1.59 bits per heavy atom. The quantitative estimate of drug-likeness (QED) is 0.644. The third kappa shape index (κ3) is 2.71. The monoisotopic (exact) mass is 305 g/mol. The number of hydrogen-bond acceptors (Lipinski definition) is 5. The number of rotatable bonds is 4. The first-order chi connectivity index (χ1) is 7.88. The standard InChI is InChI=1S/C9H8BrNO6/c1-17-7-2-4(8(12)9(13)14)6(11(15)16)3-5(7)10/h2-3,8,12H,1H3,(H,13,14). The highest BCUT2D eigenvalue weighted by molar-refractivity contribution is 9.10. The van der Waals surface area contributed by atoms with Gasteiger partial charge in [0.2, 0.25) is 0 Å². The molecule has 2 N–H and O–H groups in total. The molecule has 1 atom stereocenters. The Morgan fingerprint density at radius 3 is 2.59 bits per heavy atom. The van der Waals surface area contributed by atoms with E-state index in [0.717, 1.165) is 12.1 Å². The average Bonchev–Trinajstić information content (AvgIpc) is 2.27. The molecule has 0 spiro atoms. The number of carboxylic acids is 1. The van der Waals surface area contributed by atoms with Gasteiger partial charge in [-0.1, -0.05) is 0 Å². The Labute approximate surface area is 104 Å². The molecule has 0 radical (unpaired) electrons. The number of hydrogen-bond donors (Lipinski definition) is 2. The maximum absolute atomic E-state index is 10.7. The number of aliphatic carboxylic acids is 1. The van der Waals surface area contributed by atoms with Gasteiger partial charge in [-0.2, -0.15) is 0 Å². The summed E-state index contributed by atoms with van der Waals surface area (Å²) in [5.41, 5.74) is -0.824. The predicted molar refractivity (Wildman–Crippen MR) is 59.9 cm³/mol. The van der Waals surface area contributed by atoms with Crippen molar-refractivity contribution in [2.24, 2.45) is 0 Å². The fourth-order valence-corrected chi connectivity index (χ4v) is 1.72. The van der Waals surface area contributed by atoms with E-state index in [-0.39, 0.29) is 11.3 Å². The fourth-order valence-electron chi connectivity index (χ4n) is 1.23. The van der Waals surface area contributed by atoms with Gasteiger partial charge in [-0.25, -0.2) is 4.79 Å². The molecule has 1 unspecified atom stereocenters. The number of nitro groups is 1. The molecule has 8 heteroatoms. The lowest BCUT2D eigenvalue weighted by atomic mass is 10.1. The number of benzene rings is 1. The number of carboxylic acid groups (broad SMARTS) is 1. The Balaban J connectivity index is 3.43. The topological polar surface area (TPSA) is 110 Å². The summed E-state index contributed by atoms with van der Waals surface area (Å²) in [6, 6.07) is 2.20. The van der Waals surface area contributed by atoms with Crippen LogP contribution in [0.15, 0.2) is 16.6 Å². The first kappa shape index (κ1) is 13.4. The van der Waals surface area contributed by atoms with Gasteiger partial charge in [0.1, 0.15) is 5.75 Å². The minimum atomic E-state index is -1.97. The second-order valence-electron chi connectivity index (χ2n) is 3.04. The second-order valence-corrected chi connectivity index (χ2v) is 3.90. The molecule has 0 aromatic heterocycles. The molecule has 0 aliphatic carbocycles. The molecule has 0 saturated carbocycles. The third-order valence-corrected chi connectivity index (χ3v) is 2.65. The highest BCUT2D eigenvalue weighted by atomic mass is 79.9. The summed E-state index contributed by atoms with van der Waals surface area (Å²) in [7, 11) is 1.32. The number of halogens is 1. The second kappa shape index (κ2) is 5.11. The molecule has 0 fully saturated rings. The van der Waals surface area contributed by atoms with E-state index >= 15 is 0 Å². The number of ether oxygens (including phenoxy) is 1. The van der Waals surface area contributed by atoms with Gasteiger partial charge in [-0.15, -0.1) is 0 Å². The van der Waals surface area contributed by atoms with Crippen LogP contribution in [0.3, 0.4) is 0 Å². The zero-order valence-electron chi connectivity index (χ0n) is 8.58. The van der Waals surface area contributed by atoms with Crippen LogP contribution in [0.2, 0.25) is 0 Å². The van der Waals surface area contributed by atoms with Crippen molar-refractivity contribution in [3.8, 4) is 5.75 Å². The van der Waals surface area contributed by atoms with Crippen molar-refractivity contribution >= 4 is 27.6 Å². The zero-order chi connectivity index (χ0) is 13.2. The van der Waals surface area contributed by atoms with Gasteiger partial charge < -0.3 is 14.9 Å². The highest BCUT2D eigenvalue weighted by Crippen LogP contribution is 2.35. The Morgan fingerprint density at radius 2 is 2.18 bits per heavy atom. The van der Waals surface area contributed by atoms with E-state index in [2.05, 4.69) is 15.9 Å². The van der Waals surface area contributed by atoms with Crippen molar-refractivity contribution in [1.29, 1.82) is 0 Å². The van der Waals surface area contributed by atoms with Crippen LogP contribution in [0, 0.1) is 10.1 Å². The van der Waals surface area contributed by atoms with Crippen LogP contribution >= 0.6 is 15.9 Å². The first-order valence-electron chi connectivity index (χ1n) is 4.31. The number of nitro benzene ring substituents is 1. The van der Waals surface area contributed by atoms with Crippen LogP contribution < -0.4 is 4.74 Å². The average molecular weight is 306 g/mol. The lowest BCUT2D eigenvalue weighted by molar-refractivity contribution is -0.386. The summed E-state index contributed by atoms with van der Waals surface area (Å²) < 4.78 is 5.18. The molecule has 1 aromatic carbocycles. The van der Waals surface area contributed by atoms with E-state index in [1.54, 1.807) is 0 Å². The van der Waals surface area contributed by atoms with Crippen molar-refractivity contribution in [2.75, 3.05) is 7.11 Å². The van der Waals surface area contributed by atoms with Gasteiger partial charge in [-0.05, 0) is 22.0 Å². The molecular weight excluding hydrogens is 298 g/mol. The first-order valence-corrected chi connectivity index (χ1v) is 5.10. The Kier molecular flexibility index (Phi) is 4.02. The lowest BCUT2D eigenvalue weighted by Crippen LogP contribution is -2.12. The summed E-state index contributed by atoms with van der Waals surface area (Å²) in [5.74, 6) is -1.37. The van der Waals surface area contributed by atoms with E-state index in [4.69, 9.17) is 9.84 Å². The van der Waals surface area contributed by atoms with Crippen molar-refractivity contribution in [3.63, 3.8) is 0 Å². The number of aliphatic hydroxyl groups excluding tert-OH is 1. The van der Waals surface area contributed by atoms with E-state index < -0.39 is 22.7 Å². The van der Waals surface area contributed by atoms with Crippen LogP contribution in [0.25, 0.3) is 0 Å². The van der Waals surface area contributed by atoms with Gasteiger partial charge >= 0.3 is 5.97 Å². The fraction of sp³-hybridized carbons (Fsp3) is 0.222. The molecule has 0 bridgehead atoms. The molecule has 7 nitrogen and oxygen atoms in total. The van der Waals surface area contributed by atoms with E-state index in [1.165, 1.54) is 7.11 Å². The number of nitrogens with zero attached hydrogens (tertiary/aromatic N) is 1. The summed E-state index contributed by atoms with van der Waals surface area (Å²) in [4.78, 5) is 20.6. The van der Waals surface area contributed by atoms with Crippen LogP contribution in [0.1, 0.15) is 11.7 Å². The number of methoxy groups -OCH3 is 1. The van der Waals surface area contributed by atoms with Crippen molar-refractivity contribution in [3.05, 3.63) is 32.3 Å². The molecule has 0 aliphatic heterocycles. The maximum Gasteiger partial charge on any atom is 0.337 e. The van der Waals surface area contributed by atoms with Crippen LogP contribution in [0.4, 0.5) is 5.69 Å². The Hall–Kier alpha value is -1.67. The number of aliphatic hydroxyl groups is 1. The normalized spacial score (nSPS) is 11.9. The van der Waals surface area contributed by atoms with E-state index in [1.807, 2.05) is 0 Å². The largest absolute Gasteiger partial charge is 0.496 e. The van der Waals surface area contributed by atoms with E-state index in [0.29, 0.717) is 4.47 Å². The van der Waals surface area contributed by atoms with Gasteiger partial charge in [0.05, 0.1) is 22.1 Å². The summed E-state index contributed by atoms with van der Waals surface area (Å²) in [6.45, 7) is 0. The highest BCUT2D eigenvalue weighted by Gasteiger charge is 2.27. The summed E-state index contributed by atoms with van der Waals surface area (Å²) in [6.07, 6.45) is -1.97. The Bertz CT molecular complexity index is 475. The molecule has 0 heterocycles. The molecule has 0 aliphatic rings. The molecule has 0 amide bonds. The van der Waals surface area contributed by atoms with Crippen molar-refractivity contribution in [2.45, 2.75) is 6.10 Å². The van der Waals surface area contributed by atoms with Crippen molar-refractivity contribution in [1.82, 2.24) is 0 Å². The summed E-state index contributed by atoms with van der Waals surface area (Å²) >= 11 is 3.04. The van der Waals surface area contributed by atoms with Crippen LogP contribution in [-0.4, -0.2) is 28.2 Å². The third-order valence-electron chi connectivity index (χ3n) is 2.03. The van der Waals surface area contributed by atoms with Crippen molar-refractivity contribution < 1.29 is 24.7 Å². The smallest absolute Gasteiger partial charge is 0.337 e. The van der Waals surface area contributed by atoms with E-state index in [9.17, 15) is 20.0 Å². The predicted octanol–water partition coefficient (Wildman–Crippen LogP) is 1.48. The summed E-state index contributed by atoms with van der Waals surface area (Å²) in [5, 5.41) is 28.8. The SMILES string of the molecule is COc1cc(C(O)C(=O)O)c([N+](=O)[O-])cc1Br. The molecule has 1 rings (SSSR count). The number of carbonyl (C=O) groups is 1. The van der Waals surface area contributed by atoms with Gasteiger partial charge in [0.15, 0.2) is 6.10 Å². The molecule has 0 saturated heterocycles. The lowest BCUT2D eigenvalue weighted by Gasteiger charge is -2.10. The zero-order valence-corrected chi connectivity index (χ0v) is 10.2. The molecular formula is C9H8BrNO6. The molecule has 17 heavy (non-hydrogen) atoms. The minimum Gasteiger partial charge on any atom is -0.496 e. The van der Waals surface area contributed by atoms with Gasteiger partial charge in [0, 0.05) is 6.07 Å². The molecule has 92 valence electrons. The maximum atomic E-state index is 10.7.